The van der Waals surface area contributed by atoms with Crippen molar-refractivity contribution < 1.29 is 9.84 Å². The predicted molar refractivity (Wildman–Crippen MR) is 81.4 cm³/mol. The van der Waals surface area contributed by atoms with E-state index in [1.165, 1.54) is 0 Å². The molecule has 2 rings (SSSR count). The third kappa shape index (κ3) is 4.16. The van der Waals surface area contributed by atoms with Crippen molar-refractivity contribution in [3.05, 3.63) is 41.2 Å². The van der Waals surface area contributed by atoms with Gasteiger partial charge in [-0.25, -0.2) is 4.98 Å². The first-order chi connectivity index (χ1) is 9.70. The first kappa shape index (κ1) is 15.2. The van der Waals surface area contributed by atoms with Crippen LogP contribution in [0.4, 0.5) is 0 Å². The smallest absolute Gasteiger partial charge is 0.167 e. The van der Waals surface area contributed by atoms with E-state index in [0.717, 1.165) is 28.8 Å². The van der Waals surface area contributed by atoms with E-state index >= 15 is 0 Å². The monoisotopic (exact) mass is 312 g/mol. The summed E-state index contributed by atoms with van der Waals surface area (Å²) in [6.07, 6.45) is 2.61. The second-order valence-corrected chi connectivity index (χ2v) is 5.76. The Hall–Kier alpha value is -1.17. The molecule has 0 saturated carbocycles. The molecule has 1 heterocycles. The molecule has 1 aromatic heterocycles. The zero-order valence-corrected chi connectivity index (χ0v) is 12.8. The minimum Gasteiger partial charge on any atom is -0.494 e. The van der Waals surface area contributed by atoms with Crippen molar-refractivity contribution >= 4 is 23.4 Å². The van der Waals surface area contributed by atoms with Crippen molar-refractivity contribution in [3.63, 3.8) is 0 Å². The maximum absolute atomic E-state index is 9.09. The lowest BCUT2D eigenvalue weighted by molar-refractivity contribution is 0.271. The number of rotatable bonds is 7. The standard InChI is InChI=1S/C14H17ClN2O2S/c1-17-12(10-18)9-16-14(17)20-7-3-6-19-13-5-2-4-11(15)8-13/h2,4-5,8-9,18H,3,6-7,10H2,1H3. The normalized spacial score (nSPS) is 10.8. The van der Waals surface area contributed by atoms with Crippen LogP contribution >= 0.6 is 23.4 Å². The van der Waals surface area contributed by atoms with Gasteiger partial charge in [0.05, 0.1) is 25.1 Å². The van der Waals surface area contributed by atoms with Crippen LogP contribution in [-0.2, 0) is 13.7 Å². The van der Waals surface area contributed by atoms with Crippen molar-refractivity contribution in [1.82, 2.24) is 9.55 Å². The molecule has 20 heavy (non-hydrogen) atoms. The van der Waals surface area contributed by atoms with Crippen molar-refractivity contribution in [2.24, 2.45) is 7.05 Å². The maximum atomic E-state index is 9.09. The summed E-state index contributed by atoms with van der Waals surface area (Å²) in [5.41, 5.74) is 0.822. The topological polar surface area (TPSA) is 47.3 Å². The molecule has 6 heteroatoms. The van der Waals surface area contributed by atoms with E-state index in [-0.39, 0.29) is 6.61 Å². The molecule has 0 saturated heterocycles. The van der Waals surface area contributed by atoms with Gasteiger partial charge in [-0.05, 0) is 24.6 Å². The Morgan fingerprint density at radius 3 is 3.00 bits per heavy atom. The number of benzene rings is 1. The van der Waals surface area contributed by atoms with Crippen LogP contribution in [0.15, 0.2) is 35.6 Å². The molecule has 1 aromatic carbocycles. The molecular weight excluding hydrogens is 296 g/mol. The Balaban J connectivity index is 1.70. The van der Waals surface area contributed by atoms with E-state index < -0.39 is 0 Å². The number of aliphatic hydroxyl groups excluding tert-OH is 1. The van der Waals surface area contributed by atoms with E-state index in [1.54, 1.807) is 24.0 Å². The number of hydrogen-bond donors (Lipinski definition) is 1. The molecule has 0 amide bonds. The number of halogens is 1. The molecule has 0 unspecified atom stereocenters. The first-order valence-corrected chi connectivity index (χ1v) is 7.69. The van der Waals surface area contributed by atoms with Gasteiger partial charge in [-0.3, -0.25) is 0 Å². The van der Waals surface area contributed by atoms with E-state index in [2.05, 4.69) is 4.98 Å². The quantitative estimate of drug-likeness (QED) is 0.630. The van der Waals surface area contributed by atoms with Crippen LogP contribution in [0.25, 0.3) is 0 Å². The molecule has 0 aliphatic rings. The zero-order valence-electron chi connectivity index (χ0n) is 11.3. The van der Waals surface area contributed by atoms with Crippen LogP contribution in [0.5, 0.6) is 5.75 Å². The van der Waals surface area contributed by atoms with Crippen molar-refractivity contribution in [2.45, 2.75) is 18.2 Å². The van der Waals surface area contributed by atoms with Crippen LogP contribution in [0, 0.1) is 0 Å². The van der Waals surface area contributed by atoms with Gasteiger partial charge in [-0.2, -0.15) is 0 Å². The van der Waals surface area contributed by atoms with Gasteiger partial charge in [0.25, 0.3) is 0 Å². The lowest BCUT2D eigenvalue weighted by atomic mass is 10.3. The summed E-state index contributed by atoms with van der Waals surface area (Å²) in [6.45, 7) is 0.659. The molecule has 0 radical (unpaired) electrons. The predicted octanol–water partition coefficient (Wildman–Crippen LogP) is 3.13. The lowest BCUT2D eigenvalue weighted by Crippen LogP contribution is -2.01. The van der Waals surface area contributed by atoms with Gasteiger partial charge in [0.2, 0.25) is 0 Å². The van der Waals surface area contributed by atoms with Gasteiger partial charge in [-0.1, -0.05) is 29.4 Å². The molecule has 0 aliphatic carbocycles. The summed E-state index contributed by atoms with van der Waals surface area (Å²) >= 11 is 7.54. The third-order valence-electron chi connectivity index (χ3n) is 2.79. The fourth-order valence-electron chi connectivity index (χ4n) is 1.68. The molecule has 0 bridgehead atoms. The molecule has 108 valence electrons. The van der Waals surface area contributed by atoms with Gasteiger partial charge >= 0.3 is 0 Å². The van der Waals surface area contributed by atoms with Crippen molar-refractivity contribution in [1.29, 1.82) is 0 Å². The highest BCUT2D eigenvalue weighted by Crippen LogP contribution is 2.19. The summed E-state index contributed by atoms with van der Waals surface area (Å²) in [4.78, 5) is 4.26. The zero-order chi connectivity index (χ0) is 14.4. The highest BCUT2D eigenvalue weighted by molar-refractivity contribution is 7.99. The molecule has 4 nitrogen and oxygen atoms in total. The summed E-state index contributed by atoms with van der Waals surface area (Å²) in [7, 11) is 1.91. The number of aromatic nitrogens is 2. The van der Waals surface area contributed by atoms with Gasteiger partial charge in [0.1, 0.15) is 5.75 Å². The van der Waals surface area contributed by atoms with Gasteiger partial charge < -0.3 is 14.4 Å². The van der Waals surface area contributed by atoms with Crippen LogP contribution in [0.3, 0.4) is 0 Å². The average molecular weight is 313 g/mol. The summed E-state index contributed by atoms with van der Waals surface area (Å²) < 4.78 is 7.52. The first-order valence-electron chi connectivity index (χ1n) is 6.33. The average Bonchev–Trinajstić information content (AvgIpc) is 2.79. The molecule has 0 spiro atoms. The Morgan fingerprint density at radius 1 is 1.45 bits per heavy atom. The second kappa shape index (κ2) is 7.57. The minimum atomic E-state index is 0.0158. The summed E-state index contributed by atoms with van der Waals surface area (Å²) in [5, 5.41) is 10.7. The highest BCUT2D eigenvalue weighted by atomic mass is 35.5. The Labute approximate surface area is 127 Å². The van der Waals surface area contributed by atoms with Crippen molar-refractivity contribution in [3.8, 4) is 5.75 Å². The number of ether oxygens (including phenoxy) is 1. The number of aliphatic hydroxyl groups is 1. The molecule has 0 aliphatic heterocycles. The number of imidazole rings is 1. The largest absolute Gasteiger partial charge is 0.494 e. The SMILES string of the molecule is Cn1c(CO)cnc1SCCCOc1cccc(Cl)c1. The maximum Gasteiger partial charge on any atom is 0.167 e. The number of thioether (sulfide) groups is 1. The van der Waals surface area contributed by atoms with Gasteiger partial charge in [0.15, 0.2) is 5.16 Å². The number of nitrogens with zero attached hydrogens (tertiary/aromatic N) is 2. The number of hydrogen-bond acceptors (Lipinski definition) is 4. The Kier molecular flexibility index (Phi) is 5.76. The molecule has 0 fully saturated rings. The van der Waals surface area contributed by atoms with Crippen LogP contribution in [0.2, 0.25) is 5.02 Å². The fourth-order valence-corrected chi connectivity index (χ4v) is 2.74. The summed E-state index contributed by atoms with van der Waals surface area (Å²) in [6, 6.07) is 7.40. The van der Waals surface area contributed by atoms with E-state index in [9.17, 15) is 0 Å². The van der Waals surface area contributed by atoms with Crippen LogP contribution < -0.4 is 4.74 Å². The Morgan fingerprint density at radius 2 is 2.30 bits per heavy atom. The highest BCUT2D eigenvalue weighted by Gasteiger charge is 2.05. The Bertz CT molecular complexity index is 560. The molecule has 2 aromatic rings. The van der Waals surface area contributed by atoms with E-state index in [1.807, 2.05) is 29.8 Å². The third-order valence-corrected chi connectivity index (χ3v) is 4.15. The molecule has 0 atom stereocenters. The lowest BCUT2D eigenvalue weighted by Gasteiger charge is -2.06. The fraction of sp³-hybridized carbons (Fsp3) is 0.357. The van der Waals surface area contributed by atoms with Gasteiger partial charge in [-0.15, -0.1) is 0 Å². The van der Waals surface area contributed by atoms with Crippen LogP contribution in [-0.4, -0.2) is 27.0 Å². The van der Waals surface area contributed by atoms with E-state index in [4.69, 9.17) is 21.4 Å². The summed E-state index contributed by atoms with van der Waals surface area (Å²) in [5.74, 6) is 1.71. The van der Waals surface area contributed by atoms with Gasteiger partial charge in [0, 0.05) is 17.8 Å². The molecular formula is C14H17ClN2O2S. The minimum absolute atomic E-state index is 0.0158. The van der Waals surface area contributed by atoms with E-state index in [0.29, 0.717) is 11.6 Å². The van der Waals surface area contributed by atoms with Crippen molar-refractivity contribution in [2.75, 3.05) is 12.4 Å². The molecule has 1 N–H and O–H groups in total. The van der Waals surface area contributed by atoms with Crippen LogP contribution in [0.1, 0.15) is 12.1 Å². The second-order valence-electron chi connectivity index (χ2n) is 4.26.